The molecule has 2 heterocycles. The van der Waals surface area contributed by atoms with Gasteiger partial charge in [0.15, 0.2) is 0 Å². The Bertz CT molecular complexity index is 727. The van der Waals surface area contributed by atoms with Crippen LogP contribution in [0.1, 0.15) is 35.7 Å². The fourth-order valence-corrected chi connectivity index (χ4v) is 3.19. The Morgan fingerprint density at radius 1 is 1.36 bits per heavy atom. The first-order valence-corrected chi connectivity index (χ1v) is 8.68. The van der Waals surface area contributed by atoms with Crippen molar-refractivity contribution < 1.29 is 14.3 Å². The summed E-state index contributed by atoms with van der Waals surface area (Å²) in [4.78, 5) is 30.6. The van der Waals surface area contributed by atoms with Gasteiger partial charge in [-0.3, -0.25) is 9.59 Å². The molecule has 0 spiro atoms. The maximum Gasteiger partial charge on any atom is 0.310 e. The molecule has 0 saturated carbocycles. The van der Waals surface area contributed by atoms with E-state index in [1.807, 2.05) is 35.0 Å². The van der Waals surface area contributed by atoms with Crippen molar-refractivity contribution in [2.24, 2.45) is 5.92 Å². The number of aromatic nitrogens is 2. The number of carbonyl (C=O) groups excluding carboxylic acids is 2. The van der Waals surface area contributed by atoms with Crippen LogP contribution in [0, 0.1) is 5.92 Å². The highest BCUT2D eigenvalue weighted by Crippen LogP contribution is 2.20. The molecule has 0 radical (unpaired) electrons. The molecule has 3 rings (SSSR count). The number of hydrogen-bond acceptors (Lipinski definition) is 4. The average molecular weight is 341 g/mol. The summed E-state index contributed by atoms with van der Waals surface area (Å²) in [6.07, 6.45) is 6.98. The smallest absolute Gasteiger partial charge is 0.310 e. The second-order valence-electron chi connectivity index (χ2n) is 6.28. The molecule has 1 fully saturated rings. The maximum absolute atomic E-state index is 12.8. The van der Waals surface area contributed by atoms with Crippen molar-refractivity contribution in [1.82, 2.24) is 14.5 Å². The molecule has 1 saturated heterocycles. The lowest BCUT2D eigenvalue weighted by Crippen LogP contribution is -2.42. The van der Waals surface area contributed by atoms with Crippen LogP contribution in [-0.4, -0.2) is 46.0 Å². The van der Waals surface area contributed by atoms with Gasteiger partial charge in [-0.2, -0.15) is 0 Å². The molecule has 0 aliphatic carbocycles. The summed E-state index contributed by atoms with van der Waals surface area (Å²) < 4.78 is 7.07. The van der Waals surface area contributed by atoms with Crippen LogP contribution < -0.4 is 0 Å². The summed E-state index contributed by atoms with van der Waals surface area (Å²) >= 11 is 0. The van der Waals surface area contributed by atoms with E-state index in [1.165, 1.54) is 0 Å². The van der Waals surface area contributed by atoms with E-state index in [9.17, 15) is 9.59 Å². The summed E-state index contributed by atoms with van der Waals surface area (Å²) in [5.74, 6) is -0.442. The van der Waals surface area contributed by atoms with Crippen molar-refractivity contribution in [3.8, 4) is 0 Å². The van der Waals surface area contributed by atoms with Crippen molar-refractivity contribution in [1.29, 1.82) is 0 Å². The molecule has 2 aromatic rings. The first-order valence-electron chi connectivity index (χ1n) is 8.68. The minimum atomic E-state index is -0.216. The molecule has 0 N–H and O–H groups in total. The molecule has 1 amide bonds. The topological polar surface area (TPSA) is 64.4 Å². The highest BCUT2D eigenvalue weighted by Gasteiger charge is 2.29. The Morgan fingerprint density at radius 2 is 2.24 bits per heavy atom. The lowest BCUT2D eigenvalue weighted by atomic mass is 9.97. The molecule has 25 heavy (non-hydrogen) atoms. The van der Waals surface area contributed by atoms with Gasteiger partial charge in [-0.1, -0.05) is 12.1 Å². The third-order valence-corrected chi connectivity index (χ3v) is 4.43. The Balaban J connectivity index is 1.68. The van der Waals surface area contributed by atoms with Crippen LogP contribution >= 0.6 is 0 Å². The summed E-state index contributed by atoms with van der Waals surface area (Å²) in [5, 5.41) is 0. The normalized spacial score (nSPS) is 17.3. The van der Waals surface area contributed by atoms with Crippen LogP contribution in [0.4, 0.5) is 0 Å². The van der Waals surface area contributed by atoms with Crippen LogP contribution in [0.5, 0.6) is 0 Å². The van der Waals surface area contributed by atoms with Gasteiger partial charge in [0.2, 0.25) is 0 Å². The summed E-state index contributed by atoms with van der Waals surface area (Å²) in [6.45, 7) is 3.96. The molecule has 1 atom stereocenters. The number of benzene rings is 1. The van der Waals surface area contributed by atoms with E-state index in [0.717, 1.165) is 18.4 Å². The van der Waals surface area contributed by atoms with E-state index in [2.05, 4.69) is 4.98 Å². The average Bonchev–Trinajstić information content (AvgIpc) is 3.14. The molecule has 6 heteroatoms. The predicted molar refractivity (Wildman–Crippen MR) is 93.0 cm³/mol. The molecule has 1 aliphatic rings. The Morgan fingerprint density at radius 3 is 3.00 bits per heavy atom. The fourth-order valence-electron chi connectivity index (χ4n) is 3.19. The second-order valence-corrected chi connectivity index (χ2v) is 6.28. The van der Waals surface area contributed by atoms with E-state index in [-0.39, 0.29) is 17.8 Å². The van der Waals surface area contributed by atoms with Gasteiger partial charge in [-0.15, -0.1) is 0 Å². The van der Waals surface area contributed by atoms with Crippen molar-refractivity contribution in [3.05, 3.63) is 54.1 Å². The van der Waals surface area contributed by atoms with Gasteiger partial charge in [0.25, 0.3) is 5.91 Å². The lowest BCUT2D eigenvalue weighted by molar-refractivity contribution is -0.149. The second kappa shape index (κ2) is 7.96. The standard InChI is InChI=1S/C19H23N3O3/c1-2-25-19(24)17-7-4-9-22(13-17)18(23)16-6-3-5-15(11-16)12-21-10-8-20-14-21/h3,5-6,8,10-11,14,17H,2,4,7,9,12-13H2,1H3/t17-/m0/s1. The summed E-state index contributed by atoms with van der Waals surface area (Å²) in [5.41, 5.74) is 1.70. The quantitative estimate of drug-likeness (QED) is 0.783. The maximum atomic E-state index is 12.8. The Hall–Kier alpha value is -2.63. The van der Waals surface area contributed by atoms with Gasteiger partial charge < -0.3 is 14.2 Å². The van der Waals surface area contributed by atoms with E-state index in [0.29, 0.717) is 31.8 Å². The van der Waals surface area contributed by atoms with Crippen LogP contribution in [0.25, 0.3) is 0 Å². The number of ether oxygens (including phenoxy) is 1. The van der Waals surface area contributed by atoms with Crippen molar-refractivity contribution in [2.75, 3.05) is 19.7 Å². The van der Waals surface area contributed by atoms with Crippen molar-refractivity contribution in [2.45, 2.75) is 26.3 Å². The lowest BCUT2D eigenvalue weighted by Gasteiger charge is -2.31. The van der Waals surface area contributed by atoms with Crippen LogP contribution in [0.15, 0.2) is 43.0 Å². The first kappa shape index (κ1) is 17.2. The van der Waals surface area contributed by atoms with Crippen LogP contribution in [0.3, 0.4) is 0 Å². The van der Waals surface area contributed by atoms with Crippen molar-refractivity contribution >= 4 is 11.9 Å². The zero-order chi connectivity index (χ0) is 17.6. The molecule has 1 aromatic carbocycles. The predicted octanol–water partition coefficient (Wildman–Crippen LogP) is 2.35. The number of likely N-dealkylation sites (tertiary alicyclic amines) is 1. The van der Waals surface area contributed by atoms with E-state index in [1.54, 1.807) is 24.3 Å². The van der Waals surface area contributed by atoms with Gasteiger partial charge in [0.1, 0.15) is 0 Å². The number of esters is 1. The first-order chi connectivity index (χ1) is 12.2. The monoisotopic (exact) mass is 341 g/mol. The number of rotatable bonds is 5. The minimum absolute atomic E-state index is 0.0264. The molecule has 1 aromatic heterocycles. The highest BCUT2D eigenvalue weighted by atomic mass is 16.5. The number of piperidine rings is 1. The SMILES string of the molecule is CCOC(=O)[C@H]1CCCN(C(=O)c2cccc(Cn3ccnc3)c2)C1. The zero-order valence-corrected chi connectivity index (χ0v) is 14.4. The van der Waals surface area contributed by atoms with Gasteiger partial charge in [0, 0.05) is 37.6 Å². The molecule has 0 unspecified atom stereocenters. The number of hydrogen-bond donors (Lipinski definition) is 0. The van der Waals surface area contributed by atoms with Crippen molar-refractivity contribution in [3.63, 3.8) is 0 Å². The van der Waals surface area contributed by atoms with E-state index >= 15 is 0 Å². The molecular formula is C19H23N3O3. The summed E-state index contributed by atoms with van der Waals surface area (Å²) in [6, 6.07) is 7.63. The van der Waals surface area contributed by atoms with E-state index < -0.39 is 0 Å². The van der Waals surface area contributed by atoms with Gasteiger partial charge in [-0.05, 0) is 37.5 Å². The van der Waals surface area contributed by atoms with Crippen LogP contribution in [0.2, 0.25) is 0 Å². The Labute approximate surface area is 147 Å². The van der Waals surface area contributed by atoms with E-state index in [4.69, 9.17) is 4.74 Å². The molecular weight excluding hydrogens is 318 g/mol. The molecule has 6 nitrogen and oxygen atoms in total. The molecule has 1 aliphatic heterocycles. The number of imidazole rings is 1. The fraction of sp³-hybridized carbons (Fsp3) is 0.421. The largest absolute Gasteiger partial charge is 0.466 e. The Kier molecular flexibility index (Phi) is 5.48. The summed E-state index contributed by atoms with van der Waals surface area (Å²) in [7, 11) is 0. The molecule has 0 bridgehead atoms. The zero-order valence-electron chi connectivity index (χ0n) is 14.4. The molecule has 132 valence electrons. The minimum Gasteiger partial charge on any atom is -0.466 e. The number of nitrogens with zero attached hydrogens (tertiary/aromatic N) is 3. The number of amides is 1. The third kappa shape index (κ3) is 4.26. The van der Waals surface area contributed by atoms with Gasteiger partial charge in [-0.25, -0.2) is 4.98 Å². The van der Waals surface area contributed by atoms with Gasteiger partial charge >= 0.3 is 5.97 Å². The van der Waals surface area contributed by atoms with Gasteiger partial charge in [0.05, 0.1) is 18.9 Å². The van der Waals surface area contributed by atoms with Crippen LogP contribution in [-0.2, 0) is 16.1 Å². The number of carbonyl (C=O) groups is 2. The third-order valence-electron chi connectivity index (χ3n) is 4.43. The highest BCUT2D eigenvalue weighted by molar-refractivity contribution is 5.94.